The minimum atomic E-state index is -0.133. The van der Waals surface area contributed by atoms with E-state index in [1.54, 1.807) is 0 Å². The molecule has 22 heavy (non-hydrogen) atoms. The van der Waals surface area contributed by atoms with Crippen molar-refractivity contribution in [3.05, 3.63) is 34.8 Å². The molecule has 2 atom stereocenters. The monoisotopic (exact) mass is 300 g/mol. The van der Waals surface area contributed by atoms with E-state index in [-0.39, 0.29) is 29.8 Å². The first-order valence-corrected chi connectivity index (χ1v) is 7.60. The van der Waals surface area contributed by atoms with Gasteiger partial charge < -0.3 is 9.15 Å². The average molecular weight is 300 g/mol. The van der Waals surface area contributed by atoms with Gasteiger partial charge in [-0.3, -0.25) is 4.79 Å². The molecular formula is C19H24O3. The fraction of sp³-hybridized carbons (Fsp3) is 0.526. The van der Waals surface area contributed by atoms with Crippen molar-refractivity contribution in [3.63, 3.8) is 0 Å². The van der Waals surface area contributed by atoms with Crippen molar-refractivity contribution in [1.29, 1.82) is 0 Å². The number of hydrogen-bond acceptors (Lipinski definition) is 3. The summed E-state index contributed by atoms with van der Waals surface area (Å²) in [6.07, 6.45) is 7.89. The van der Waals surface area contributed by atoms with Crippen LogP contribution in [0.3, 0.4) is 0 Å². The maximum atomic E-state index is 12.3. The summed E-state index contributed by atoms with van der Waals surface area (Å²) in [4.78, 5) is 12.3. The van der Waals surface area contributed by atoms with Gasteiger partial charge in [0, 0.05) is 5.56 Å². The first-order chi connectivity index (χ1) is 10.3. The van der Waals surface area contributed by atoms with E-state index in [9.17, 15) is 4.79 Å². The Kier molecular flexibility index (Phi) is 4.51. The summed E-state index contributed by atoms with van der Waals surface area (Å²) in [5.74, 6) is 4.12. The normalized spacial score (nSPS) is 21.8. The van der Waals surface area contributed by atoms with Crippen LogP contribution in [0, 0.1) is 36.5 Å². The number of carbonyl (C=O) groups excluding carboxylic acids is 1. The molecule has 1 aliphatic carbocycles. The van der Waals surface area contributed by atoms with Gasteiger partial charge in [0.25, 0.3) is 0 Å². The quantitative estimate of drug-likeness (QED) is 0.468. The molecule has 3 heteroatoms. The van der Waals surface area contributed by atoms with Gasteiger partial charge in [-0.25, -0.2) is 0 Å². The molecule has 2 rings (SSSR count). The molecule has 1 aromatic rings. The lowest BCUT2D eigenvalue weighted by molar-refractivity contribution is -0.147. The van der Waals surface area contributed by atoms with Gasteiger partial charge in [0.2, 0.25) is 0 Å². The summed E-state index contributed by atoms with van der Waals surface area (Å²) in [5, 5.41) is 0. The first kappa shape index (κ1) is 16.4. The molecule has 118 valence electrons. The predicted molar refractivity (Wildman–Crippen MR) is 86.0 cm³/mol. The van der Waals surface area contributed by atoms with Crippen LogP contribution >= 0.6 is 0 Å². The van der Waals surface area contributed by atoms with Gasteiger partial charge in [-0.05, 0) is 38.2 Å². The molecule has 0 spiro atoms. The number of terminal acetylenes is 1. The average Bonchev–Trinajstić information content (AvgIpc) is 2.75. The van der Waals surface area contributed by atoms with Gasteiger partial charge >= 0.3 is 5.97 Å². The van der Waals surface area contributed by atoms with E-state index in [1.165, 1.54) is 5.57 Å². The minimum absolute atomic E-state index is 0.0194. The SMILES string of the molecule is C#CCc1cc(COC(=O)[C@H]2[C@H](C=C(C)C)C2(C)C)c(C)o1. The van der Waals surface area contributed by atoms with Crippen LogP contribution in [-0.2, 0) is 22.6 Å². The molecule has 0 N–H and O–H groups in total. The highest BCUT2D eigenvalue weighted by molar-refractivity contribution is 5.78. The molecule has 0 amide bonds. The predicted octanol–water partition coefficient (Wildman–Crippen LogP) is 4.05. The van der Waals surface area contributed by atoms with Crippen molar-refractivity contribution in [2.75, 3.05) is 0 Å². The lowest BCUT2D eigenvalue weighted by atomic mass is 10.1. The van der Waals surface area contributed by atoms with Crippen molar-refractivity contribution < 1.29 is 13.9 Å². The van der Waals surface area contributed by atoms with E-state index in [0.29, 0.717) is 6.42 Å². The fourth-order valence-electron chi connectivity index (χ4n) is 2.96. The highest BCUT2D eigenvalue weighted by atomic mass is 16.5. The van der Waals surface area contributed by atoms with E-state index < -0.39 is 0 Å². The summed E-state index contributed by atoms with van der Waals surface area (Å²) in [5.41, 5.74) is 2.10. The molecule has 3 nitrogen and oxygen atoms in total. The number of furan rings is 1. The summed E-state index contributed by atoms with van der Waals surface area (Å²) >= 11 is 0. The van der Waals surface area contributed by atoms with Gasteiger partial charge in [-0.15, -0.1) is 6.42 Å². The summed E-state index contributed by atoms with van der Waals surface area (Å²) in [6.45, 7) is 10.4. The number of carbonyl (C=O) groups is 1. The molecule has 0 unspecified atom stereocenters. The Labute approximate surface area is 132 Å². The van der Waals surface area contributed by atoms with Crippen LogP contribution in [-0.4, -0.2) is 5.97 Å². The second-order valence-corrected chi connectivity index (χ2v) is 6.85. The number of rotatable bonds is 5. The molecule has 0 aromatic carbocycles. The lowest BCUT2D eigenvalue weighted by Crippen LogP contribution is -2.10. The highest BCUT2D eigenvalue weighted by Gasteiger charge is 2.61. The third-order valence-electron chi connectivity index (χ3n) is 4.40. The first-order valence-electron chi connectivity index (χ1n) is 7.60. The Morgan fingerprint density at radius 3 is 2.77 bits per heavy atom. The molecule has 1 saturated carbocycles. The number of aryl methyl sites for hydroxylation is 1. The van der Waals surface area contributed by atoms with E-state index in [0.717, 1.165) is 17.1 Å². The Morgan fingerprint density at radius 2 is 2.18 bits per heavy atom. The van der Waals surface area contributed by atoms with Crippen LogP contribution in [0.15, 0.2) is 22.1 Å². The van der Waals surface area contributed by atoms with Crippen LogP contribution in [0.4, 0.5) is 0 Å². The van der Waals surface area contributed by atoms with Crippen LogP contribution in [0.25, 0.3) is 0 Å². The van der Waals surface area contributed by atoms with E-state index in [2.05, 4.69) is 39.7 Å². The number of ether oxygens (including phenoxy) is 1. The zero-order chi connectivity index (χ0) is 16.5. The fourth-order valence-corrected chi connectivity index (χ4v) is 2.96. The van der Waals surface area contributed by atoms with Crippen molar-refractivity contribution in [3.8, 4) is 12.3 Å². The Hall–Kier alpha value is -1.95. The van der Waals surface area contributed by atoms with E-state index in [4.69, 9.17) is 15.6 Å². The van der Waals surface area contributed by atoms with Gasteiger partial charge in [-0.2, -0.15) is 0 Å². The number of esters is 1. The molecule has 0 saturated heterocycles. The van der Waals surface area contributed by atoms with Gasteiger partial charge in [-0.1, -0.05) is 31.4 Å². The maximum absolute atomic E-state index is 12.3. The topological polar surface area (TPSA) is 39.4 Å². The second kappa shape index (κ2) is 6.04. The van der Waals surface area contributed by atoms with Crippen LogP contribution in [0.2, 0.25) is 0 Å². The standard InChI is InChI=1S/C19H24O3/c1-7-8-15-10-14(13(4)22-15)11-21-18(20)17-16(9-12(2)3)19(17,5)6/h1,9-10,16-17H,8,11H2,2-6H3/t16-,17+/m0/s1. The van der Waals surface area contributed by atoms with Crippen molar-refractivity contribution in [2.45, 2.75) is 47.6 Å². The number of allylic oxidation sites excluding steroid dienone is 2. The Bertz CT molecular complexity index is 636. The zero-order valence-corrected chi connectivity index (χ0v) is 14.0. The molecule has 1 aromatic heterocycles. The van der Waals surface area contributed by atoms with E-state index >= 15 is 0 Å². The van der Waals surface area contributed by atoms with Crippen molar-refractivity contribution in [2.24, 2.45) is 17.3 Å². The summed E-state index contributed by atoms with van der Waals surface area (Å²) in [6, 6.07) is 1.87. The molecule has 0 bridgehead atoms. The molecule has 0 radical (unpaired) electrons. The second-order valence-electron chi connectivity index (χ2n) is 6.85. The molecular weight excluding hydrogens is 276 g/mol. The maximum Gasteiger partial charge on any atom is 0.310 e. The zero-order valence-electron chi connectivity index (χ0n) is 14.0. The Balaban J connectivity index is 1.97. The third kappa shape index (κ3) is 3.27. The van der Waals surface area contributed by atoms with E-state index in [1.807, 2.05) is 13.0 Å². The summed E-state index contributed by atoms with van der Waals surface area (Å²) < 4.78 is 11.0. The van der Waals surface area contributed by atoms with Crippen LogP contribution in [0.1, 0.15) is 44.8 Å². The molecule has 1 fully saturated rings. The molecule has 1 aliphatic rings. The Morgan fingerprint density at radius 1 is 1.50 bits per heavy atom. The van der Waals surface area contributed by atoms with Crippen molar-refractivity contribution >= 4 is 5.97 Å². The largest absolute Gasteiger partial charge is 0.465 e. The third-order valence-corrected chi connectivity index (χ3v) is 4.40. The van der Waals surface area contributed by atoms with Gasteiger partial charge in [0.1, 0.15) is 18.1 Å². The molecule has 0 aliphatic heterocycles. The number of hydrogen-bond donors (Lipinski definition) is 0. The van der Waals surface area contributed by atoms with Crippen LogP contribution in [0.5, 0.6) is 0 Å². The lowest BCUT2D eigenvalue weighted by Gasteiger charge is -2.04. The van der Waals surface area contributed by atoms with Gasteiger partial charge in [0.15, 0.2) is 0 Å². The smallest absolute Gasteiger partial charge is 0.310 e. The molecule has 1 heterocycles. The van der Waals surface area contributed by atoms with Crippen LogP contribution < -0.4 is 0 Å². The highest BCUT2D eigenvalue weighted by Crippen LogP contribution is 2.59. The summed E-state index contributed by atoms with van der Waals surface area (Å²) in [7, 11) is 0. The minimum Gasteiger partial charge on any atom is -0.465 e. The van der Waals surface area contributed by atoms with Gasteiger partial charge in [0.05, 0.1) is 12.3 Å². The van der Waals surface area contributed by atoms with Crippen molar-refractivity contribution in [1.82, 2.24) is 0 Å².